The van der Waals surface area contributed by atoms with Crippen LogP contribution in [0.15, 0.2) is 24.9 Å². The van der Waals surface area contributed by atoms with Gasteiger partial charge in [-0.05, 0) is 20.3 Å². The molecule has 12 heavy (non-hydrogen) atoms. The van der Waals surface area contributed by atoms with Gasteiger partial charge in [0, 0.05) is 11.7 Å². The third kappa shape index (κ3) is 1.29. The van der Waals surface area contributed by atoms with E-state index < -0.39 is 0 Å². The van der Waals surface area contributed by atoms with Crippen LogP contribution in [0, 0.1) is 0 Å². The van der Waals surface area contributed by atoms with Gasteiger partial charge in [-0.25, -0.2) is 0 Å². The Bertz CT molecular complexity index is 232. The van der Waals surface area contributed by atoms with Crippen molar-refractivity contribution in [1.29, 1.82) is 0 Å². The molecule has 1 fully saturated rings. The normalized spacial score (nSPS) is 27.7. The summed E-state index contributed by atoms with van der Waals surface area (Å²) in [5.74, 6) is 0.219. The Balaban J connectivity index is 2.68. The molecule has 0 amide bonds. The first-order valence-corrected chi connectivity index (χ1v) is 4.14. The number of Topliss-reactive ketones (excluding diaryl/α,β-unsaturated/α-hetero) is 1. The Morgan fingerprint density at radius 3 is 2.50 bits per heavy atom. The number of carbonyl (C=O) groups is 1. The Kier molecular flexibility index (Phi) is 2.36. The predicted octanol–water partition coefficient (Wildman–Crippen LogP) is 1.74. The van der Waals surface area contributed by atoms with Crippen LogP contribution in [0.2, 0.25) is 0 Å². The van der Waals surface area contributed by atoms with Crippen LogP contribution in [0.3, 0.4) is 0 Å². The summed E-state index contributed by atoms with van der Waals surface area (Å²) in [5.41, 5.74) is 0.950. The van der Waals surface area contributed by atoms with Gasteiger partial charge in [0.05, 0.1) is 6.04 Å². The first kappa shape index (κ1) is 9.04. The first-order valence-electron chi connectivity index (χ1n) is 4.14. The number of nitrogens with zero attached hydrogens (tertiary/aromatic N) is 1. The largest absolute Gasteiger partial charge is 0.359 e. The quantitative estimate of drug-likeness (QED) is 0.594. The van der Waals surface area contributed by atoms with Crippen LogP contribution in [0.5, 0.6) is 0 Å². The molecule has 1 saturated heterocycles. The first-order chi connectivity index (χ1) is 5.57. The van der Waals surface area contributed by atoms with E-state index in [2.05, 4.69) is 13.2 Å². The molecule has 0 N–H and O–H groups in total. The summed E-state index contributed by atoms with van der Waals surface area (Å²) in [4.78, 5) is 13.1. The van der Waals surface area contributed by atoms with E-state index in [4.69, 9.17) is 0 Å². The summed E-state index contributed by atoms with van der Waals surface area (Å²) in [6.45, 7) is 11.1. The van der Waals surface area contributed by atoms with Crippen molar-refractivity contribution in [2.45, 2.75) is 32.4 Å². The van der Waals surface area contributed by atoms with Crippen molar-refractivity contribution in [1.82, 2.24) is 4.90 Å². The molecule has 2 unspecified atom stereocenters. The van der Waals surface area contributed by atoms with E-state index in [1.807, 2.05) is 17.9 Å². The Hall–Kier alpha value is -1.05. The molecular formula is C10H15NO. The molecule has 2 heteroatoms. The molecule has 66 valence electrons. The maximum atomic E-state index is 11.1. The van der Waals surface area contributed by atoms with Crippen molar-refractivity contribution in [3.8, 4) is 0 Å². The van der Waals surface area contributed by atoms with Crippen LogP contribution < -0.4 is 0 Å². The van der Waals surface area contributed by atoms with Gasteiger partial charge in [-0.15, -0.1) is 6.58 Å². The summed E-state index contributed by atoms with van der Waals surface area (Å²) in [6, 6.07) is 0.363. The van der Waals surface area contributed by atoms with E-state index in [9.17, 15) is 4.79 Å². The fourth-order valence-electron chi connectivity index (χ4n) is 1.67. The highest BCUT2D eigenvalue weighted by molar-refractivity contribution is 5.83. The molecule has 2 atom stereocenters. The minimum Gasteiger partial charge on any atom is -0.359 e. The highest BCUT2D eigenvalue weighted by Gasteiger charge is 2.38. The van der Waals surface area contributed by atoms with Crippen molar-refractivity contribution in [3.63, 3.8) is 0 Å². The summed E-state index contributed by atoms with van der Waals surface area (Å²) in [6.07, 6.45) is 2.76. The maximum Gasteiger partial charge on any atom is 0.152 e. The smallest absolute Gasteiger partial charge is 0.152 e. The number of rotatable bonds is 3. The van der Waals surface area contributed by atoms with Crippen molar-refractivity contribution in [2.24, 2.45) is 0 Å². The third-order valence-corrected chi connectivity index (χ3v) is 2.34. The molecule has 1 aliphatic heterocycles. The molecule has 0 saturated carbocycles. The van der Waals surface area contributed by atoms with Gasteiger partial charge in [-0.3, -0.25) is 4.79 Å². The SMILES string of the molecule is C=CC1CC(C(C)=O)N1C(=C)C. The minimum absolute atomic E-state index is 0.0468. The molecule has 0 aromatic rings. The summed E-state index contributed by atoms with van der Waals surface area (Å²) in [5, 5.41) is 0. The number of allylic oxidation sites excluding steroid dienone is 1. The van der Waals surface area contributed by atoms with Gasteiger partial charge in [0.15, 0.2) is 5.78 Å². The average Bonchev–Trinajstić information content (AvgIpc) is 1.83. The van der Waals surface area contributed by atoms with E-state index in [1.165, 1.54) is 0 Å². The topological polar surface area (TPSA) is 20.3 Å². The van der Waals surface area contributed by atoms with Crippen LogP contribution >= 0.6 is 0 Å². The number of carbonyl (C=O) groups excluding carboxylic acids is 1. The van der Waals surface area contributed by atoms with Gasteiger partial charge in [-0.1, -0.05) is 12.7 Å². The number of hydrogen-bond donors (Lipinski definition) is 0. The van der Waals surface area contributed by atoms with Crippen molar-refractivity contribution < 1.29 is 4.79 Å². The monoisotopic (exact) mass is 165 g/mol. The summed E-state index contributed by atoms with van der Waals surface area (Å²) >= 11 is 0. The molecule has 1 aliphatic rings. The van der Waals surface area contributed by atoms with Crippen LogP contribution in [0.25, 0.3) is 0 Å². The lowest BCUT2D eigenvalue weighted by molar-refractivity contribution is -0.126. The summed E-state index contributed by atoms with van der Waals surface area (Å²) in [7, 11) is 0. The molecule has 0 bridgehead atoms. The zero-order valence-electron chi connectivity index (χ0n) is 7.71. The lowest BCUT2D eigenvalue weighted by atomic mass is 9.89. The zero-order valence-corrected chi connectivity index (χ0v) is 7.71. The van der Waals surface area contributed by atoms with E-state index in [0.717, 1.165) is 12.1 Å². The highest BCUT2D eigenvalue weighted by atomic mass is 16.1. The second-order valence-electron chi connectivity index (χ2n) is 3.31. The van der Waals surface area contributed by atoms with Crippen molar-refractivity contribution in [2.75, 3.05) is 0 Å². The van der Waals surface area contributed by atoms with E-state index in [0.29, 0.717) is 6.04 Å². The van der Waals surface area contributed by atoms with Crippen molar-refractivity contribution in [3.05, 3.63) is 24.9 Å². The van der Waals surface area contributed by atoms with Crippen LogP contribution in [0.1, 0.15) is 20.3 Å². The van der Waals surface area contributed by atoms with Gasteiger partial charge in [0.1, 0.15) is 0 Å². The molecule has 0 aliphatic carbocycles. The molecule has 0 spiro atoms. The lowest BCUT2D eigenvalue weighted by Gasteiger charge is -2.48. The standard InChI is InChI=1S/C10H15NO/c1-5-9-6-10(8(4)12)11(9)7(2)3/h5,9-10H,1-2,6H2,3-4H3. The fourth-order valence-corrected chi connectivity index (χ4v) is 1.67. The second kappa shape index (κ2) is 3.13. The van der Waals surface area contributed by atoms with Gasteiger partial charge in [0.25, 0.3) is 0 Å². The van der Waals surface area contributed by atoms with Crippen molar-refractivity contribution >= 4 is 5.78 Å². The van der Waals surface area contributed by atoms with Gasteiger partial charge in [-0.2, -0.15) is 0 Å². The minimum atomic E-state index is 0.0468. The molecule has 1 rings (SSSR count). The zero-order chi connectivity index (χ0) is 9.30. The molecular weight excluding hydrogens is 150 g/mol. The maximum absolute atomic E-state index is 11.1. The van der Waals surface area contributed by atoms with Crippen LogP contribution in [0.4, 0.5) is 0 Å². The van der Waals surface area contributed by atoms with E-state index >= 15 is 0 Å². The molecule has 2 nitrogen and oxygen atoms in total. The van der Waals surface area contributed by atoms with E-state index in [-0.39, 0.29) is 11.8 Å². The molecule has 0 aromatic carbocycles. The van der Waals surface area contributed by atoms with Gasteiger partial charge < -0.3 is 4.90 Å². The number of likely N-dealkylation sites (tertiary alicyclic amines) is 1. The van der Waals surface area contributed by atoms with E-state index in [1.54, 1.807) is 6.92 Å². The van der Waals surface area contributed by atoms with Crippen LogP contribution in [-0.2, 0) is 4.79 Å². The van der Waals surface area contributed by atoms with Gasteiger partial charge in [0.2, 0.25) is 0 Å². The Labute approximate surface area is 73.6 Å². The molecule has 0 aromatic heterocycles. The average molecular weight is 165 g/mol. The highest BCUT2D eigenvalue weighted by Crippen LogP contribution is 2.30. The molecule has 0 radical (unpaired) electrons. The molecule has 1 heterocycles. The lowest BCUT2D eigenvalue weighted by Crippen LogP contribution is -2.56. The van der Waals surface area contributed by atoms with Crippen LogP contribution in [-0.4, -0.2) is 22.8 Å². The third-order valence-electron chi connectivity index (χ3n) is 2.34. The number of ketones is 1. The predicted molar refractivity (Wildman–Crippen MR) is 49.7 cm³/mol. The summed E-state index contributed by atoms with van der Waals surface area (Å²) < 4.78 is 0. The second-order valence-corrected chi connectivity index (χ2v) is 3.31. The number of hydrogen-bond acceptors (Lipinski definition) is 2. The van der Waals surface area contributed by atoms with Gasteiger partial charge >= 0.3 is 0 Å². The Morgan fingerprint density at radius 1 is 1.58 bits per heavy atom. The Morgan fingerprint density at radius 2 is 2.17 bits per heavy atom. The fraction of sp³-hybridized carbons (Fsp3) is 0.500.